The van der Waals surface area contributed by atoms with Crippen molar-refractivity contribution in [2.45, 2.75) is 56.7 Å². The smallest absolute Gasteiger partial charge is 0.251 e. The first-order chi connectivity index (χ1) is 14.4. The lowest BCUT2D eigenvalue weighted by Gasteiger charge is -2.50. The number of nitrogens with one attached hydrogen (secondary N) is 1. The minimum Gasteiger partial charge on any atom is -0.388 e. The SMILES string of the molecule is CC1(O)CCN(CC2CCCC2)C(c2ccccc2)C1NC(=O)c1ccc(F)cc1. The van der Waals surface area contributed by atoms with Gasteiger partial charge in [-0.1, -0.05) is 43.2 Å². The van der Waals surface area contributed by atoms with Crippen LogP contribution in [0, 0.1) is 11.7 Å². The molecule has 1 heterocycles. The summed E-state index contributed by atoms with van der Waals surface area (Å²) in [4.78, 5) is 15.4. The van der Waals surface area contributed by atoms with Gasteiger partial charge in [-0.25, -0.2) is 4.39 Å². The monoisotopic (exact) mass is 410 g/mol. The summed E-state index contributed by atoms with van der Waals surface area (Å²) in [5.74, 6) is 0.0118. The third kappa shape index (κ3) is 4.57. The maximum absolute atomic E-state index is 13.3. The van der Waals surface area contributed by atoms with Crippen LogP contribution in [0.3, 0.4) is 0 Å². The molecule has 1 aliphatic carbocycles. The standard InChI is InChI=1S/C25H31FN2O2/c1-25(30)15-16-28(17-18-7-5-6-8-18)22(19-9-3-2-4-10-19)23(25)27-24(29)20-11-13-21(26)14-12-20/h2-4,9-14,18,22-23,30H,5-8,15-17H2,1H3,(H,27,29). The first kappa shape index (κ1) is 21.0. The third-order valence-electron chi connectivity index (χ3n) is 6.79. The van der Waals surface area contributed by atoms with Gasteiger partial charge in [-0.3, -0.25) is 9.69 Å². The molecule has 1 saturated carbocycles. The Kier molecular flexibility index (Phi) is 6.21. The van der Waals surface area contributed by atoms with Gasteiger partial charge in [0.05, 0.1) is 17.7 Å². The van der Waals surface area contributed by atoms with Crippen molar-refractivity contribution < 1.29 is 14.3 Å². The maximum atomic E-state index is 13.3. The molecule has 3 unspecified atom stereocenters. The molecule has 2 N–H and O–H groups in total. The Bertz CT molecular complexity index is 847. The Morgan fingerprint density at radius 3 is 2.47 bits per heavy atom. The van der Waals surface area contributed by atoms with Crippen LogP contribution in [-0.2, 0) is 0 Å². The first-order valence-electron chi connectivity index (χ1n) is 11.0. The fourth-order valence-electron chi connectivity index (χ4n) is 5.06. The highest BCUT2D eigenvalue weighted by molar-refractivity contribution is 5.94. The van der Waals surface area contributed by atoms with Crippen molar-refractivity contribution in [1.82, 2.24) is 10.2 Å². The number of amides is 1. The second-order valence-electron chi connectivity index (χ2n) is 9.07. The summed E-state index contributed by atoms with van der Waals surface area (Å²) < 4.78 is 13.3. The van der Waals surface area contributed by atoms with Crippen LogP contribution in [0.2, 0.25) is 0 Å². The first-order valence-corrected chi connectivity index (χ1v) is 11.0. The molecular formula is C25H31FN2O2. The van der Waals surface area contributed by atoms with E-state index in [1.165, 1.54) is 49.9 Å². The molecule has 2 aromatic rings. The Morgan fingerprint density at radius 2 is 1.80 bits per heavy atom. The maximum Gasteiger partial charge on any atom is 0.251 e. The number of hydrogen-bond donors (Lipinski definition) is 2. The Balaban J connectivity index is 1.63. The molecule has 1 saturated heterocycles. The van der Waals surface area contributed by atoms with E-state index in [0.29, 0.717) is 17.9 Å². The number of nitrogens with zero attached hydrogens (tertiary/aromatic N) is 1. The Morgan fingerprint density at radius 1 is 1.13 bits per heavy atom. The lowest BCUT2D eigenvalue weighted by Crippen LogP contribution is -2.62. The van der Waals surface area contributed by atoms with Crippen molar-refractivity contribution in [1.29, 1.82) is 0 Å². The van der Waals surface area contributed by atoms with E-state index in [-0.39, 0.29) is 17.8 Å². The summed E-state index contributed by atoms with van der Waals surface area (Å²) in [6.07, 6.45) is 5.67. The van der Waals surface area contributed by atoms with Gasteiger partial charge in [0.1, 0.15) is 5.82 Å². The van der Waals surface area contributed by atoms with Gasteiger partial charge in [0.15, 0.2) is 0 Å². The minimum atomic E-state index is -1.04. The zero-order valence-corrected chi connectivity index (χ0v) is 17.6. The molecule has 1 amide bonds. The zero-order valence-electron chi connectivity index (χ0n) is 17.6. The highest BCUT2D eigenvalue weighted by Gasteiger charge is 2.46. The number of likely N-dealkylation sites (tertiary alicyclic amines) is 1. The van der Waals surface area contributed by atoms with E-state index in [1.807, 2.05) is 25.1 Å². The molecule has 2 aromatic carbocycles. The van der Waals surface area contributed by atoms with Gasteiger partial charge in [-0.05, 0) is 61.9 Å². The lowest BCUT2D eigenvalue weighted by molar-refractivity contribution is -0.0672. The number of piperidine rings is 1. The molecule has 5 heteroatoms. The number of hydrogen-bond acceptors (Lipinski definition) is 3. The van der Waals surface area contributed by atoms with E-state index in [4.69, 9.17) is 0 Å². The zero-order chi connectivity index (χ0) is 21.1. The van der Waals surface area contributed by atoms with Crippen LogP contribution >= 0.6 is 0 Å². The highest BCUT2D eigenvalue weighted by atomic mass is 19.1. The molecule has 30 heavy (non-hydrogen) atoms. The molecular weight excluding hydrogens is 379 g/mol. The molecule has 0 bridgehead atoms. The summed E-state index contributed by atoms with van der Waals surface area (Å²) in [5.41, 5.74) is 0.453. The van der Waals surface area contributed by atoms with Crippen LogP contribution in [0.5, 0.6) is 0 Å². The summed E-state index contributed by atoms with van der Waals surface area (Å²) in [6, 6.07) is 15.1. The molecule has 0 radical (unpaired) electrons. The van der Waals surface area contributed by atoms with Crippen LogP contribution < -0.4 is 5.32 Å². The largest absolute Gasteiger partial charge is 0.388 e. The van der Waals surface area contributed by atoms with Gasteiger partial charge in [0.2, 0.25) is 0 Å². The van der Waals surface area contributed by atoms with Crippen molar-refractivity contribution in [3.8, 4) is 0 Å². The van der Waals surface area contributed by atoms with E-state index >= 15 is 0 Å². The summed E-state index contributed by atoms with van der Waals surface area (Å²) in [6.45, 7) is 3.59. The van der Waals surface area contributed by atoms with Crippen molar-refractivity contribution in [3.05, 3.63) is 71.5 Å². The molecule has 0 spiro atoms. The number of aliphatic hydroxyl groups is 1. The van der Waals surface area contributed by atoms with Gasteiger partial charge >= 0.3 is 0 Å². The summed E-state index contributed by atoms with van der Waals surface area (Å²) >= 11 is 0. The van der Waals surface area contributed by atoms with Crippen LogP contribution in [0.15, 0.2) is 54.6 Å². The number of benzene rings is 2. The molecule has 160 valence electrons. The van der Waals surface area contributed by atoms with Crippen LogP contribution in [-0.4, -0.2) is 40.6 Å². The van der Waals surface area contributed by atoms with E-state index in [2.05, 4.69) is 22.3 Å². The summed E-state index contributed by atoms with van der Waals surface area (Å²) in [5, 5.41) is 14.4. The fourth-order valence-corrected chi connectivity index (χ4v) is 5.06. The van der Waals surface area contributed by atoms with Crippen LogP contribution in [0.1, 0.15) is 61.0 Å². The van der Waals surface area contributed by atoms with Crippen LogP contribution in [0.4, 0.5) is 4.39 Å². The summed E-state index contributed by atoms with van der Waals surface area (Å²) in [7, 11) is 0. The van der Waals surface area contributed by atoms with Gasteiger partial charge in [0.25, 0.3) is 5.91 Å². The molecule has 4 rings (SSSR count). The van der Waals surface area contributed by atoms with E-state index in [9.17, 15) is 14.3 Å². The number of halogens is 1. The minimum absolute atomic E-state index is 0.111. The number of rotatable bonds is 5. The number of carbonyl (C=O) groups excluding carboxylic acids is 1. The van der Waals surface area contributed by atoms with E-state index in [1.54, 1.807) is 0 Å². The normalized spacial score (nSPS) is 27.8. The topological polar surface area (TPSA) is 52.6 Å². The average molecular weight is 411 g/mol. The van der Waals surface area contributed by atoms with Crippen molar-refractivity contribution in [2.75, 3.05) is 13.1 Å². The lowest BCUT2D eigenvalue weighted by atomic mass is 9.79. The molecule has 1 aliphatic heterocycles. The second kappa shape index (κ2) is 8.86. The third-order valence-corrected chi connectivity index (χ3v) is 6.79. The molecule has 3 atom stereocenters. The van der Waals surface area contributed by atoms with Gasteiger partial charge < -0.3 is 10.4 Å². The molecule has 2 aliphatic rings. The number of carbonyl (C=O) groups is 1. The molecule has 4 nitrogen and oxygen atoms in total. The van der Waals surface area contributed by atoms with Crippen molar-refractivity contribution >= 4 is 5.91 Å². The van der Waals surface area contributed by atoms with Crippen LogP contribution in [0.25, 0.3) is 0 Å². The van der Waals surface area contributed by atoms with Crippen molar-refractivity contribution in [2.24, 2.45) is 5.92 Å². The molecule has 0 aromatic heterocycles. The predicted octanol–water partition coefficient (Wildman–Crippen LogP) is 4.31. The fraction of sp³-hybridized carbons (Fsp3) is 0.480. The van der Waals surface area contributed by atoms with Gasteiger partial charge in [-0.2, -0.15) is 0 Å². The van der Waals surface area contributed by atoms with Gasteiger partial charge in [0, 0.05) is 18.7 Å². The highest BCUT2D eigenvalue weighted by Crippen LogP contribution is 2.39. The Hall–Kier alpha value is -2.24. The average Bonchev–Trinajstić information content (AvgIpc) is 3.25. The van der Waals surface area contributed by atoms with Gasteiger partial charge in [-0.15, -0.1) is 0 Å². The van der Waals surface area contributed by atoms with E-state index in [0.717, 1.165) is 18.7 Å². The Labute approximate surface area is 178 Å². The van der Waals surface area contributed by atoms with Crippen molar-refractivity contribution in [3.63, 3.8) is 0 Å². The predicted molar refractivity (Wildman–Crippen MR) is 116 cm³/mol. The molecule has 2 fully saturated rings. The second-order valence-corrected chi connectivity index (χ2v) is 9.07. The quantitative estimate of drug-likeness (QED) is 0.772. The van der Waals surface area contributed by atoms with E-state index < -0.39 is 11.6 Å².